The molecule has 18 aromatic rings. The number of hydrogen-bond donors (Lipinski definition) is 0. The zero-order valence-corrected chi connectivity index (χ0v) is 57.5. The highest BCUT2D eigenvalue weighted by Gasteiger charge is 2.53. The Kier molecular flexibility index (Phi) is 13.8. The van der Waals surface area contributed by atoms with Crippen molar-refractivity contribution < 1.29 is 0 Å². The Balaban J connectivity index is 0.000000136. The summed E-state index contributed by atoms with van der Waals surface area (Å²) in [6.45, 7) is 0. The average molecular weight is 1330 g/mol. The molecule has 1 aromatic heterocycles. The molecule has 2 spiro atoms. The van der Waals surface area contributed by atoms with Crippen LogP contribution in [0.2, 0.25) is 0 Å². The first kappa shape index (κ1) is 60.2. The number of hydrogen-bond acceptors (Lipinski definition) is 2. The quantitative estimate of drug-likeness (QED) is 0.143. The molecule has 0 radical (unpaired) electrons. The molecule has 105 heavy (non-hydrogen) atoms. The fourth-order valence-electron chi connectivity index (χ4n) is 18.5. The molecule has 4 aliphatic carbocycles. The lowest BCUT2D eigenvalue weighted by Crippen LogP contribution is -2.26. The largest absolute Gasteiger partial charge is 0.310 e. The summed E-state index contributed by atoms with van der Waals surface area (Å²) in [5, 5.41) is 4.92. The monoisotopic (exact) mass is 1330 g/mol. The van der Waals surface area contributed by atoms with Crippen LogP contribution in [0.5, 0.6) is 0 Å². The predicted octanol–water partition coefficient (Wildman–Crippen LogP) is 26.6. The van der Waals surface area contributed by atoms with Crippen molar-refractivity contribution in [3.8, 4) is 72.4 Å². The number of fused-ring (bicyclic) bond motifs is 24. The fourth-order valence-corrected chi connectivity index (χ4v) is 18.5. The number of para-hydroxylation sites is 2. The van der Waals surface area contributed by atoms with Crippen LogP contribution in [0.15, 0.2) is 406 Å². The van der Waals surface area contributed by atoms with E-state index in [1.807, 2.05) is 0 Å². The Morgan fingerprint density at radius 2 is 0.486 bits per heavy atom. The van der Waals surface area contributed by atoms with Gasteiger partial charge in [0.25, 0.3) is 0 Å². The van der Waals surface area contributed by atoms with Crippen molar-refractivity contribution in [3.05, 3.63) is 451 Å². The smallest absolute Gasteiger partial charge is 0.0726 e. The Morgan fingerprint density at radius 1 is 0.181 bits per heavy atom. The SMILES string of the molecule is c1ccc(-c2ccc(N(c3ccc(-c4ccccc4)cc3)c3ccc4c(c3)C3(c5ccccc5-c5ccccc53)c3ccccc3-4)cc2)cc1.c1ccc(-n2c3ccccc3c3cc(N(c4ccc5c(c4)C4(c6ccccc6-c6ccccc64)c4ccccc4-5)c4ccc5ccccc5c4)ccc32)cc1. The molecule has 1 heterocycles. The van der Waals surface area contributed by atoms with Crippen LogP contribution >= 0.6 is 0 Å². The highest BCUT2D eigenvalue weighted by atomic mass is 15.1. The van der Waals surface area contributed by atoms with E-state index in [9.17, 15) is 0 Å². The summed E-state index contributed by atoms with van der Waals surface area (Å²) in [6, 6.07) is 150. The Hall–Kier alpha value is -13.6. The lowest BCUT2D eigenvalue weighted by atomic mass is 9.70. The van der Waals surface area contributed by atoms with Crippen molar-refractivity contribution in [2.75, 3.05) is 9.80 Å². The molecule has 3 heteroatoms. The van der Waals surface area contributed by atoms with Crippen LogP contribution in [0.1, 0.15) is 44.5 Å². The van der Waals surface area contributed by atoms with Crippen molar-refractivity contribution in [2.45, 2.75) is 10.8 Å². The Labute approximate surface area is 611 Å². The van der Waals surface area contributed by atoms with Gasteiger partial charge in [-0.25, -0.2) is 0 Å². The normalized spacial score (nSPS) is 13.1. The van der Waals surface area contributed by atoms with E-state index in [0.717, 1.165) is 39.8 Å². The minimum Gasteiger partial charge on any atom is -0.310 e. The van der Waals surface area contributed by atoms with Crippen molar-refractivity contribution in [1.29, 1.82) is 0 Å². The minimum atomic E-state index is -0.419. The molecular formula is C102H67N3. The standard InChI is InChI=1S/C53H34N2.C49H33N/c1-2-16-37(17-3-1)55-51-25-13-9-21-45(51)46-33-39(29-31-52(46)55)54(38-27-26-35-14-4-5-15-36(35)32-38)40-28-30-44-43-20-8-12-24-49(43)53(50(44)34-40)47-22-10-6-18-41(47)42-19-7-11-23-48(42)53;1-3-13-34(14-4-1)36-23-27-38(28-24-36)50(39-29-25-37(26-30-39)35-15-5-2-6-16-35)40-31-32-44-43-19-9-12-22-47(43)49(48(44)33-40)45-20-10-7-17-41(45)42-18-8-11-21-46(42)49/h1-34H;1-33H. The van der Waals surface area contributed by atoms with E-state index in [1.54, 1.807) is 0 Å². The van der Waals surface area contributed by atoms with Gasteiger partial charge in [-0.1, -0.05) is 309 Å². The van der Waals surface area contributed by atoms with Crippen molar-refractivity contribution in [3.63, 3.8) is 0 Å². The number of anilines is 6. The van der Waals surface area contributed by atoms with Crippen LogP contribution in [0.25, 0.3) is 105 Å². The minimum absolute atomic E-state index is 0.394. The molecule has 0 N–H and O–H groups in total. The molecule has 17 aromatic carbocycles. The second-order valence-corrected chi connectivity index (χ2v) is 28.2. The maximum absolute atomic E-state index is 2.49. The third-order valence-corrected chi connectivity index (χ3v) is 22.9. The lowest BCUT2D eigenvalue weighted by molar-refractivity contribution is 0.793. The van der Waals surface area contributed by atoms with Gasteiger partial charge >= 0.3 is 0 Å². The lowest BCUT2D eigenvalue weighted by Gasteiger charge is -2.32. The van der Waals surface area contributed by atoms with Crippen LogP contribution in [-0.4, -0.2) is 4.57 Å². The van der Waals surface area contributed by atoms with Gasteiger partial charge in [-0.3, -0.25) is 0 Å². The second-order valence-electron chi connectivity index (χ2n) is 28.2. The van der Waals surface area contributed by atoms with E-state index in [4.69, 9.17) is 0 Å². The third kappa shape index (κ3) is 9.11. The first-order valence-electron chi connectivity index (χ1n) is 36.5. The van der Waals surface area contributed by atoms with Gasteiger partial charge in [-0.05, 0) is 219 Å². The van der Waals surface area contributed by atoms with E-state index < -0.39 is 10.8 Å². The van der Waals surface area contributed by atoms with E-state index in [1.165, 1.54) is 144 Å². The van der Waals surface area contributed by atoms with Gasteiger partial charge in [0.2, 0.25) is 0 Å². The predicted molar refractivity (Wildman–Crippen MR) is 438 cm³/mol. The van der Waals surface area contributed by atoms with Crippen LogP contribution in [0, 0.1) is 0 Å². The first-order valence-corrected chi connectivity index (χ1v) is 36.5. The summed E-state index contributed by atoms with van der Waals surface area (Å²) >= 11 is 0. The molecule has 490 valence electrons. The summed E-state index contributed by atoms with van der Waals surface area (Å²) in [7, 11) is 0. The molecule has 4 aliphatic rings. The van der Waals surface area contributed by atoms with Crippen molar-refractivity contribution in [1.82, 2.24) is 4.57 Å². The zero-order chi connectivity index (χ0) is 69.2. The van der Waals surface area contributed by atoms with Crippen molar-refractivity contribution >= 4 is 66.7 Å². The summed E-state index contributed by atoms with van der Waals surface area (Å²) in [5.41, 5.74) is 35.6. The summed E-state index contributed by atoms with van der Waals surface area (Å²) in [5.74, 6) is 0. The number of rotatable bonds is 9. The van der Waals surface area contributed by atoms with Crippen LogP contribution in [0.4, 0.5) is 34.1 Å². The molecule has 0 atom stereocenters. The topological polar surface area (TPSA) is 11.4 Å². The maximum atomic E-state index is 2.49. The Bertz CT molecular complexity index is 6260. The first-order chi connectivity index (χ1) is 52.1. The van der Waals surface area contributed by atoms with Crippen molar-refractivity contribution in [2.24, 2.45) is 0 Å². The summed E-state index contributed by atoms with van der Waals surface area (Å²) in [6.07, 6.45) is 0. The van der Waals surface area contributed by atoms with Gasteiger partial charge < -0.3 is 14.4 Å². The van der Waals surface area contributed by atoms with Gasteiger partial charge in [-0.15, -0.1) is 0 Å². The number of nitrogens with zero attached hydrogens (tertiary/aromatic N) is 3. The van der Waals surface area contributed by atoms with Gasteiger partial charge in [0.1, 0.15) is 0 Å². The van der Waals surface area contributed by atoms with Crippen LogP contribution in [0.3, 0.4) is 0 Å². The number of aromatic nitrogens is 1. The van der Waals surface area contributed by atoms with E-state index >= 15 is 0 Å². The molecule has 0 saturated carbocycles. The molecule has 0 aliphatic heterocycles. The average Bonchev–Trinajstić information content (AvgIpc) is 1.52. The third-order valence-electron chi connectivity index (χ3n) is 22.9. The molecule has 0 unspecified atom stereocenters. The van der Waals surface area contributed by atoms with E-state index in [2.05, 4.69) is 421 Å². The molecule has 0 fully saturated rings. The summed E-state index contributed by atoms with van der Waals surface area (Å²) in [4.78, 5) is 4.87. The van der Waals surface area contributed by atoms with Gasteiger partial charge in [0.05, 0.1) is 21.9 Å². The molecule has 0 saturated heterocycles. The van der Waals surface area contributed by atoms with Gasteiger partial charge in [0.15, 0.2) is 0 Å². The molecule has 0 bridgehead atoms. The molecule has 22 rings (SSSR count). The van der Waals surface area contributed by atoms with E-state index in [-0.39, 0.29) is 0 Å². The zero-order valence-electron chi connectivity index (χ0n) is 57.5. The Morgan fingerprint density at radius 3 is 0.943 bits per heavy atom. The summed E-state index contributed by atoms with van der Waals surface area (Å²) < 4.78 is 2.39. The highest BCUT2D eigenvalue weighted by molar-refractivity contribution is 6.11. The molecule has 0 amide bonds. The maximum Gasteiger partial charge on any atom is 0.0726 e. The second kappa shape index (κ2) is 24.0. The number of benzene rings is 17. The fraction of sp³-hybridized carbons (Fsp3) is 0.0196. The van der Waals surface area contributed by atoms with Gasteiger partial charge in [0, 0.05) is 50.6 Å². The van der Waals surface area contributed by atoms with Gasteiger partial charge in [-0.2, -0.15) is 0 Å². The highest BCUT2D eigenvalue weighted by Crippen LogP contribution is 2.65. The molecular weight excluding hydrogens is 1270 g/mol. The van der Waals surface area contributed by atoms with E-state index in [0.29, 0.717) is 0 Å². The molecule has 3 nitrogen and oxygen atoms in total. The van der Waals surface area contributed by atoms with Crippen LogP contribution in [-0.2, 0) is 10.8 Å². The van der Waals surface area contributed by atoms with Crippen LogP contribution < -0.4 is 9.80 Å².